The minimum absolute atomic E-state index is 0.0145. The average Bonchev–Trinajstić information content (AvgIpc) is 2.48. The van der Waals surface area contributed by atoms with Gasteiger partial charge in [-0.25, -0.2) is 0 Å². The highest BCUT2D eigenvalue weighted by atomic mass is 16.5. The largest absolute Gasteiger partial charge is 0.478 e. The third kappa shape index (κ3) is 3.04. The van der Waals surface area contributed by atoms with Crippen molar-refractivity contribution < 1.29 is 14.6 Å². The Hall–Kier alpha value is -1.59. The summed E-state index contributed by atoms with van der Waals surface area (Å²) in [5.74, 6) is 0.676. The SMILES string of the molecule is CCCN1C(=O)C(CC)Oc2ccc(C(O)C(C)N)cc21. The van der Waals surface area contributed by atoms with Crippen LogP contribution in [0.4, 0.5) is 5.69 Å². The van der Waals surface area contributed by atoms with Crippen LogP contribution < -0.4 is 15.4 Å². The molecule has 21 heavy (non-hydrogen) atoms. The number of carbonyl (C=O) groups excluding carboxylic acids is 1. The van der Waals surface area contributed by atoms with Crippen molar-refractivity contribution in [2.24, 2.45) is 5.73 Å². The molecule has 5 heteroatoms. The molecule has 0 spiro atoms. The molecular weight excluding hydrogens is 268 g/mol. The first kappa shape index (κ1) is 15.8. The lowest BCUT2D eigenvalue weighted by Gasteiger charge is -2.34. The van der Waals surface area contributed by atoms with Gasteiger partial charge >= 0.3 is 0 Å². The molecule has 0 saturated carbocycles. The van der Waals surface area contributed by atoms with E-state index in [-0.39, 0.29) is 11.9 Å². The van der Waals surface area contributed by atoms with Gasteiger partial charge in [0, 0.05) is 12.6 Å². The summed E-state index contributed by atoms with van der Waals surface area (Å²) < 4.78 is 5.76. The van der Waals surface area contributed by atoms with E-state index in [0.29, 0.717) is 24.3 Å². The molecule has 0 bridgehead atoms. The Morgan fingerprint density at radius 3 is 2.71 bits per heavy atom. The van der Waals surface area contributed by atoms with Crippen LogP contribution in [0.1, 0.15) is 45.3 Å². The van der Waals surface area contributed by atoms with Crippen molar-refractivity contribution in [1.82, 2.24) is 0 Å². The van der Waals surface area contributed by atoms with Gasteiger partial charge in [0.25, 0.3) is 5.91 Å². The molecule has 3 atom stereocenters. The molecule has 0 aromatic heterocycles. The molecule has 1 amide bonds. The van der Waals surface area contributed by atoms with Crippen LogP contribution in [-0.2, 0) is 4.79 Å². The predicted octanol–water partition coefficient (Wildman–Crippen LogP) is 1.98. The van der Waals surface area contributed by atoms with Crippen LogP contribution in [0.25, 0.3) is 0 Å². The molecule has 0 fully saturated rings. The van der Waals surface area contributed by atoms with E-state index in [2.05, 4.69) is 0 Å². The molecule has 5 nitrogen and oxygen atoms in total. The van der Waals surface area contributed by atoms with Gasteiger partial charge in [0.2, 0.25) is 0 Å². The zero-order valence-corrected chi connectivity index (χ0v) is 12.9. The maximum Gasteiger partial charge on any atom is 0.268 e. The molecule has 1 aromatic carbocycles. The lowest BCUT2D eigenvalue weighted by molar-refractivity contribution is -0.126. The van der Waals surface area contributed by atoms with Crippen LogP contribution >= 0.6 is 0 Å². The number of ether oxygens (including phenoxy) is 1. The number of fused-ring (bicyclic) bond motifs is 1. The number of hydrogen-bond acceptors (Lipinski definition) is 4. The van der Waals surface area contributed by atoms with Gasteiger partial charge in [-0.05, 0) is 37.5 Å². The molecule has 1 aromatic rings. The van der Waals surface area contributed by atoms with Crippen LogP contribution in [0.15, 0.2) is 18.2 Å². The molecule has 1 aliphatic heterocycles. The summed E-state index contributed by atoms with van der Waals surface area (Å²) >= 11 is 0. The van der Waals surface area contributed by atoms with Crippen LogP contribution in [0.2, 0.25) is 0 Å². The fourth-order valence-corrected chi connectivity index (χ4v) is 2.54. The van der Waals surface area contributed by atoms with Gasteiger partial charge in [-0.3, -0.25) is 4.79 Å². The molecular formula is C16H24N2O3. The summed E-state index contributed by atoms with van der Waals surface area (Å²) in [6.45, 7) is 6.36. The van der Waals surface area contributed by atoms with Crippen LogP contribution in [-0.4, -0.2) is 29.7 Å². The fraction of sp³-hybridized carbons (Fsp3) is 0.562. The Bertz CT molecular complexity index is 516. The van der Waals surface area contributed by atoms with E-state index in [1.807, 2.05) is 26.0 Å². The van der Waals surface area contributed by atoms with Gasteiger partial charge in [-0.2, -0.15) is 0 Å². The zero-order chi connectivity index (χ0) is 15.6. The maximum atomic E-state index is 12.4. The van der Waals surface area contributed by atoms with Crippen molar-refractivity contribution in [1.29, 1.82) is 0 Å². The van der Waals surface area contributed by atoms with Gasteiger partial charge in [-0.1, -0.05) is 19.9 Å². The van der Waals surface area contributed by atoms with Crippen LogP contribution in [0.5, 0.6) is 5.75 Å². The standard InChI is InChI=1S/C16H24N2O3/c1-4-8-18-12-9-11(15(19)10(3)17)6-7-14(12)21-13(5-2)16(18)20/h6-7,9-10,13,15,19H,4-5,8,17H2,1-3H3. The van der Waals surface area contributed by atoms with E-state index >= 15 is 0 Å². The zero-order valence-electron chi connectivity index (χ0n) is 12.9. The normalized spacial score (nSPS) is 20.7. The van der Waals surface area contributed by atoms with Crippen molar-refractivity contribution >= 4 is 11.6 Å². The number of amides is 1. The van der Waals surface area contributed by atoms with E-state index in [1.54, 1.807) is 17.9 Å². The monoisotopic (exact) mass is 292 g/mol. The van der Waals surface area contributed by atoms with E-state index in [1.165, 1.54) is 0 Å². The van der Waals surface area contributed by atoms with Gasteiger partial charge in [0.05, 0.1) is 11.8 Å². The van der Waals surface area contributed by atoms with Gasteiger partial charge in [0.15, 0.2) is 6.10 Å². The molecule has 2 rings (SSSR count). The lowest BCUT2D eigenvalue weighted by Crippen LogP contribution is -2.46. The molecule has 3 N–H and O–H groups in total. The predicted molar refractivity (Wildman–Crippen MR) is 82.4 cm³/mol. The van der Waals surface area contributed by atoms with Crippen molar-refractivity contribution in [2.45, 2.75) is 51.9 Å². The Morgan fingerprint density at radius 1 is 1.43 bits per heavy atom. The number of anilines is 1. The number of benzene rings is 1. The Labute approximate surface area is 125 Å². The first-order chi connectivity index (χ1) is 9.99. The number of aliphatic hydroxyl groups is 1. The number of nitrogens with two attached hydrogens (primary N) is 1. The second-order valence-corrected chi connectivity index (χ2v) is 5.54. The summed E-state index contributed by atoms with van der Waals surface area (Å²) in [5.41, 5.74) is 7.18. The minimum Gasteiger partial charge on any atom is -0.478 e. The highest BCUT2D eigenvalue weighted by Crippen LogP contribution is 2.37. The summed E-state index contributed by atoms with van der Waals surface area (Å²) in [6, 6.07) is 5.06. The van der Waals surface area contributed by atoms with Crippen LogP contribution in [0, 0.1) is 0 Å². The van der Waals surface area contributed by atoms with Gasteiger partial charge in [-0.15, -0.1) is 0 Å². The number of carbonyl (C=O) groups is 1. The number of hydrogen-bond donors (Lipinski definition) is 2. The van der Waals surface area contributed by atoms with Gasteiger partial charge in [0.1, 0.15) is 5.75 Å². The smallest absolute Gasteiger partial charge is 0.268 e. The molecule has 0 aliphatic carbocycles. The topological polar surface area (TPSA) is 75.8 Å². The molecule has 116 valence electrons. The second-order valence-electron chi connectivity index (χ2n) is 5.54. The van der Waals surface area contributed by atoms with Gasteiger partial charge < -0.3 is 20.5 Å². The molecule has 1 aliphatic rings. The number of nitrogens with zero attached hydrogens (tertiary/aromatic N) is 1. The molecule has 0 saturated heterocycles. The quantitative estimate of drug-likeness (QED) is 0.870. The summed E-state index contributed by atoms with van der Waals surface area (Å²) in [7, 11) is 0. The first-order valence-corrected chi connectivity index (χ1v) is 7.55. The van der Waals surface area contributed by atoms with E-state index in [4.69, 9.17) is 10.5 Å². The van der Waals surface area contributed by atoms with Crippen LogP contribution in [0.3, 0.4) is 0 Å². The number of rotatable bonds is 5. The summed E-state index contributed by atoms with van der Waals surface area (Å²) in [6.07, 6.45) is 0.329. The van der Waals surface area contributed by atoms with Crippen molar-refractivity contribution in [3.8, 4) is 5.75 Å². The lowest BCUT2D eigenvalue weighted by atomic mass is 10.0. The maximum absolute atomic E-state index is 12.4. The molecule has 3 unspecified atom stereocenters. The summed E-state index contributed by atoms with van der Waals surface area (Å²) in [5, 5.41) is 10.1. The third-order valence-electron chi connectivity index (χ3n) is 3.74. The average molecular weight is 292 g/mol. The number of aliphatic hydroxyl groups excluding tert-OH is 1. The van der Waals surface area contributed by atoms with E-state index in [9.17, 15) is 9.90 Å². The highest BCUT2D eigenvalue weighted by Gasteiger charge is 2.33. The third-order valence-corrected chi connectivity index (χ3v) is 3.74. The minimum atomic E-state index is -0.752. The second kappa shape index (κ2) is 6.45. The molecule has 0 radical (unpaired) electrons. The van der Waals surface area contributed by atoms with Crippen molar-refractivity contribution in [3.05, 3.63) is 23.8 Å². The summed E-state index contributed by atoms with van der Waals surface area (Å²) in [4.78, 5) is 14.2. The van der Waals surface area contributed by atoms with E-state index < -0.39 is 12.2 Å². The Balaban J connectivity index is 2.42. The first-order valence-electron chi connectivity index (χ1n) is 7.55. The molecule has 1 heterocycles. The van der Waals surface area contributed by atoms with E-state index in [0.717, 1.165) is 12.1 Å². The van der Waals surface area contributed by atoms with Crippen molar-refractivity contribution in [3.63, 3.8) is 0 Å². The highest BCUT2D eigenvalue weighted by molar-refractivity contribution is 6.00. The van der Waals surface area contributed by atoms with Crippen molar-refractivity contribution in [2.75, 3.05) is 11.4 Å². The Kier molecular flexibility index (Phi) is 4.85. The fourth-order valence-electron chi connectivity index (χ4n) is 2.54. The Morgan fingerprint density at radius 2 is 2.14 bits per heavy atom.